The van der Waals surface area contributed by atoms with Crippen LogP contribution in [0.25, 0.3) is 11.0 Å². The molecule has 1 saturated heterocycles. The third-order valence-electron chi connectivity index (χ3n) is 3.33. The van der Waals surface area contributed by atoms with Crippen LogP contribution < -0.4 is 4.90 Å². The van der Waals surface area contributed by atoms with Gasteiger partial charge in [-0.1, -0.05) is 6.92 Å². The van der Waals surface area contributed by atoms with Gasteiger partial charge in [-0.2, -0.15) is 0 Å². The minimum absolute atomic E-state index is 0.813. The van der Waals surface area contributed by atoms with E-state index in [0.717, 1.165) is 38.4 Å². The molecular weight excluding hydrogens is 214 g/mol. The van der Waals surface area contributed by atoms with Gasteiger partial charge in [0.2, 0.25) is 0 Å². The quantitative estimate of drug-likeness (QED) is 0.859. The molecule has 0 spiro atoms. The number of aromatic nitrogens is 2. The third kappa shape index (κ3) is 1.89. The first-order valence-corrected chi connectivity index (χ1v) is 6.17. The summed E-state index contributed by atoms with van der Waals surface area (Å²) in [4.78, 5) is 10.1. The van der Waals surface area contributed by atoms with Crippen LogP contribution in [0.2, 0.25) is 0 Å². The van der Waals surface area contributed by atoms with E-state index in [0.29, 0.717) is 0 Å². The highest BCUT2D eigenvalue weighted by molar-refractivity contribution is 5.90. The minimum Gasteiger partial charge on any atom is -0.378 e. The Labute approximate surface area is 101 Å². The summed E-state index contributed by atoms with van der Waals surface area (Å²) in [6.07, 6.45) is 5.03. The highest BCUT2D eigenvalue weighted by Gasteiger charge is 2.15. The van der Waals surface area contributed by atoms with Crippen LogP contribution in [0.15, 0.2) is 18.5 Å². The lowest BCUT2D eigenvalue weighted by Gasteiger charge is -2.28. The van der Waals surface area contributed by atoms with Crippen molar-refractivity contribution in [3.05, 3.63) is 24.0 Å². The molecule has 0 atom stereocenters. The van der Waals surface area contributed by atoms with Gasteiger partial charge in [-0.15, -0.1) is 0 Å². The Hall–Kier alpha value is -1.55. The van der Waals surface area contributed by atoms with Crippen LogP contribution in [0.3, 0.4) is 0 Å². The Morgan fingerprint density at radius 2 is 2.24 bits per heavy atom. The summed E-state index contributed by atoms with van der Waals surface area (Å²) in [6.45, 7) is 5.71. The first-order valence-electron chi connectivity index (χ1n) is 6.17. The molecule has 3 rings (SSSR count). The predicted molar refractivity (Wildman–Crippen MR) is 68.5 cm³/mol. The molecule has 0 aromatic carbocycles. The first kappa shape index (κ1) is 10.6. The molecule has 3 heterocycles. The van der Waals surface area contributed by atoms with Gasteiger partial charge in [0.05, 0.1) is 18.9 Å². The van der Waals surface area contributed by atoms with Crippen LogP contribution in [0, 0.1) is 0 Å². The molecule has 4 heteroatoms. The van der Waals surface area contributed by atoms with E-state index >= 15 is 0 Å². The Morgan fingerprint density at radius 1 is 1.41 bits per heavy atom. The molecule has 1 N–H and O–H groups in total. The Kier molecular flexibility index (Phi) is 2.73. The molecule has 1 aliphatic rings. The SMILES string of the molecule is CCc1cnc2[nH]cc(N3CCOCC3)c2c1. The second-order valence-corrected chi connectivity index (χ2v) is 4.37. The summed E-state index contributed by atoms with van der Waals surface area (Å²) >= 11 is 0. The van der Waals surface area contributed by atoms with Gasteiger partial charge in [0.1, 0.15) is 5.65 Å². The van der Waals surface area contributed by atoms with E-state index in [1.807, 2.05) is 6.20 Å². The van der Waals surface area contributed by atoms with Crippen molar-refractivity contribution in [3.63, 3.8) is 0 Å². The van der Waals surface area contributed by atoms with Crippen LogP contribution in [-0.2, 0) is 11.2 Å². The number of nitrogens with zero attached hydrogens (tertiary/aromatic N) is 2. The molecule has 90 valence electrons. The van der Waals surface area contributed by atoms with Crippen LogP contribution >= 0.6 is 0 Å². The number of pyridine rings is 1. The van der Waals surface area contributed by atoms with Crippen molar-refractivity contribution in [2.24, 2.45) is 0 Å². The van der Waals surface area contributed by atoms with Crippen molar-refractivity contribution < 1.29 is 4.74 Å². The molecule has 0 saturated carbocycles. The summed E-state index contributed by atoms with van der Waals surface area (Å²) in [6, 6.07) is 2.24. The molecule has 0 aliphatic carbocycles. The van der Waals surface area contributed by atoms with Crippen LogP contribution in [0.1, 0.15) is 12.5 Å². The zero-order valence-corrected chi connectivity index (χ0v) is 10.1. The number of aryl methyl sites for hydroxylation is 1. The van der Waals surface area contributed by atoms with E-state index in [4.69, 9.17) is 4.74 Å². The summed E-state index contributed by atoms with van der Waals surface area (Å²) < 4.78 is 5.39. The average Bonchev–Trinajstić information content (AvgIpc) is 2.82. The highest BCUT2D eigenvalue weighted by atomic mass is 16.5. The first-order chi connectivity index (χ1) is 8.38. The topological polar surface area (TPSA) is 41.2 Å². The molecule has 1 aliphatic heterocycles. The van der Waals surface area contributed by atoms with Crippen molar-refractivity contribution in [2.75, 3.05) is 31.2 Å². The van der Waals surface area contributed by atoms with Gasteiger partial charge in [0.25, 0.3) is 0 Å². The predicted octanol–water partition coefficient (Wildman–Crippen LogP) is 1.96. The Bertz CT molecular complexity index is 514. The lowest BCUT2D eigenvalue weighted by molar-refractivity contribution is 0.123. The van der Waals surface area contributed by atoms with E-state index in [9.17, 15) is 0 Å². The fourth-order valence-electron chi connectivity index (χ4n) is 2.29. The maximum absolute atomic E-state index is 5.39. The number of anilines is 1. The molecule has 2 aromatic heterocycles. The number of hydrogen-bond donors (Lipinski definition) is 1. The van der Waals surface area contributed by atoms with Crippen molar-refractivity contribution in [1.82, 2.24) is 9.97 Å². The number of nitrogens with one attached hydrogen (secondary N) is 1. The van der Waals surface area contributed by atoms with Gasteiger partial charge >= 0.3 is 0 Å². The molecular formula is C13H17N3O. The second-order valence-electron chi connectivity index (χ2n) is 4.37. The largest absolute Gasteiger partial charge is 0.378 e. The maximum atomic E-state index is 5.39. The maximum Gasteiger partial charge on any atom is 0.139 e. The van der Waals surface area contributed by atoms with Gasteiger partial charge < -0.3 is 14.6 Å². The number of aromatic amines is 1. The normalized spacial score (nSPS) is 16.6. The van der Waals surface area contributed by atoms with E-state index < -0.39 is 0 Å². The molecule has 17 heavy (non-hydrogen) atoms. The molecule has 4 nitrogen and oxygen atoms in total. The summed E-state index contributed by atoms with van der Waals surface area (Å²) in [5.41, 5.74) is 3.52. The fourth-order valence-corrected chi connectivity index (χ4v) is 2.29. The third-order valence-corrected chi connectivity index (χ3v) is 3.33. The van der Waals surface area contributed by atoms with Crippen LogP contribution in [0.4, 0.5) is 5.69 Å². The minimum atomic E-state index is 0.813. The Morgan fingerprint density at radius 3 is 3.00 bits per heavy atom. The van der Waals surface area contributed by atoms with Crippen molar-refractivity contribution in [2.45, 2.75) is 13.3 Å². The molecule has 0 radical (unpaired) electrons. The van der Waals surface area contributed by atoms with Gasteiger partial charge in [-0.25, -0.2) is 4.98 Å². The molecule has 0 bridgehead atoms. The summed E-state index contributed by atoms with van der Waals surface area (Å²) in [5.74, 6) is 0. The zero-order valence-electron chi connectivity index (χ0n) is 10.1. The number of ether oxygens (including phenoxy) is 1. The number of morpholine rings is 1. The monoisotopic (exact) mass is 231 g/mol. The number of rotatable bonds is 2. The lowest BCUT2D eigenvalue weighted by atomic mass is 10.2. The Balaban J connectivity index is 2.02. The zero-order chi connectivity index (χ0) is 11.7. The molecule has 1 fully saturated rings. The summed E-state index contributed by atoms with van der Waals surface area (Å²) in [5, 5.41) is 1.23. The van der Waals surface area contributed by atoms with Gasteiger partial charge in [0, 0.05) is 30.9 Å². The number of H-pyrrole nitrogens is 1. The molecule has 0 unspecified atom stereocenters. The van der Waals surface area contributed by atoms with Gasteiger partial charge in [-0.3, -0.25) is 0 Å². The number of fused-ring (bicyclic) bond motifs is 1. The van der Waals surface area contributed by atoms with Crippen LogP contribution in [0.5, 0.6) is 0 Å². The summed E-state index contributed by atoms with van der Waals surface area (Å²) in [7, 11) is 0. The van der Waals surface area contributed by atoms with Crippen molar-refractivity contribution >= 4 is 16.7 Å². The van der Waals surface area contributed by atoms with E-state index in [-0.39, 0.29) is 0 Å². The average molecular weight is 231 g/mol. The second kappa shape index (κ2) is 4.37. The van der Waals surface area contributed by atoms with Crippen molar-refractivity contribution in [1.29, 1.82) is 0 Å². The highest BCUT2D eigenvalue weighted by Crippen LogP contribution is 2.26. The number of hydrogen-bond acceptors (Lipinski definition) is 3. The standard InChI is InChI=1S/C13H17N3O/c1-2-10-7-11-12(9-15-13(11)14-8-10)16-3-5-17-6-4-16/h7-9H,2-6H2,1H3,(H,14,15). The van der Waals surface area contributed by atoms with E-state index in [1.54, 1.807) is 0 Å². The molecule has 2 aromatic rings. The lowest BCUT2D eigenvalue weighted by Crippen LogP contribution is -2.36. The van der Waals surface area contributed by atoms with E-state index in [2.05, 4.69) is 34.1 Å². The molecule has 0 amide bonds. The van der Waals surface area contributed by atoms with Crippen molar-refractivity contribution in [3.8, 4) is 0 Å². The van der Waals surface area contributed by atoms with E-state index in [1.165, 1.54) is 16.6 Å². The van der Waals surface area contributed by atoms with Gasteiger partial charge in [-0.05, 0) is 18.1 Å². The fraction of sp³-hybridized carbons (Fsp3) is 0.462. The smallest absolute Gasteiger partial charge is 0.139 e. The van der Waals surface area contributed by atoms with Gasteiger partial charge in [0.15, 0.2) is 0 Å². The van der Waals surface area contributed by atoms with Crippen LogP contribution in [-0.4, -0.2) is 36.3 Å².